The number of carbonyl (C=O) groups excluding carboxylic acids is 1. The van der Waals surface area contributed by atoms with E-state index in [4.69, 9.17) is 0 Å². The van der Waals surface area contributed by atoms with Crippen LogP contribution >= 0.6 is 0 Å². The van der Waals surface area contributed by atoms with Crippen LogP contribution in [0.5, 0.6) is 0 Å². The summed E-state index contributed by atoms with van der Waals surface area (Å²) in [6.45, 7) is 2.31. The summed E-state index contributed by atoms with van der Waals surface area (Å²) in [5, 5.41) is 3.48. The molecule has 1 unspecified atom stereocenters. The molecule has 2 aromatic carbocycles. The second-order valence-electron chi connectivity index (χ2n) is 5.03. The quantitative estimate of drug-likeness (QED) is 0.905. The number of carbonyl (C=O) groups is 1. The van der Waals surface area contributed by atoms with Crippen molar-refractivity contribution in [1.82, 2.24) is 10.2 Å². The van der Waals surface area contributed by atoms with Crippen LogP contribution in [0.25, 0.3) is 0 Å². The molecule has 1 amide bonds. The summed E-state index contributed by atoms with van der Waals surface area (Å²) >= 11 is 0. The van der Waals surface area contributed by atoms with Crippen LogP contribution in [0, 0.1) is 0 Å². The van der Waals surface area contributed by atoms with Crippen LogP contribution in [-0.2, 0) is 0 Å². The molecule has 0 aliphatic carbocycles. The Balaban J connectivity index is 1.74. The van der Waals surface area contributed by atoms with E-state index in [2.05, 4.69) is 17.4 Å². The van der Waals surface area contributed by atoms with E-state index >= 15 is 0 Å². The van der Waals surface area contributed by atoms with E-state index in [1.807, 2.05) is 53.4 Å². The fourth-order valence-corrected chi connectivity index (χ4v) is 2.61. The summed E-state index contributed by atoms with van der Waals surface area (Å²) in [7, 11) is 0. The zero-order chi connectivity index (χ0) is 13.8. The minimum absolute atomic E-state index is 0.119. The molecule has 3 nitrogen and oxygen atoms in total. The van der Waals surface area contributed by atoms with Crippen LogP contribution in [0.3, 0.4) is 0 Å². The third kappa shape index (κ3) is 2.73. The Kier molecular flexibility index (Phi) is 3.79. The minimum Gasteiger partial charge on any atom is -0.335 e. The first-order valence-corrected chi connectivity index (χ1v) is 6.97. The average Bonchev–Trinajstić information content (AvgIpc) is 2.56. The molecule has 1 N–H and O–H groups in total. The van der Waals surface area contributed by atoms with Gasteiger partial charge in [-0.05, 0) is 17.7 Å². The molecule has 1 aliphatic heterocycles. The van der Waals surface area contributed by atoms with Gasteiger partial charge in [-0.1, -0.05) is 48.5 Å². The number of hydrogen-bond acceptors (Lipinski definition) is 2. The highest BCUT2D eigenvalue weighted by molar-refractivity contribution is 5.94. The molecule has 102 valence electrons. The fraction of sp³-hybridized carbons (Fsp3) is 0.235. The highest BCUT2D eigenvalue weighted by Gasteiger charge is 2.24. The maximum atomic E-state index is 12.5. The van der Waals surface area contributed by atoms with Gasteiger partial charge in [0.1, 0.15) is 0 Å². The largest absolute Gasteiger partial charge is 0.335 e. The molecule has 0 radical (unpaired) electrons. The van der Waals surface area contributed by atoms with Gasteiger partial charge >= 0.3 is 0 Å². The maximum Gasteiger partial charge on any atom is 0.253 e. The Morgan fingerprint density at radius 1 is 1.00 bits per heavy atom. The van der Waals surface area contributed by atoms with Crippen LogP contribution in [0.4, 0.5) is 0 Å². The van der Waals surface area contributed by atoms with Crippen molar-refractivity contribution in [3.05, 3.63) is 71.8 Å². The molecular formula is C17H18N2O. The van der Waals surface area contributed by atoms with E-state index in [0.717, 1.165) is 25.2 Å². The topological polar surface area (TPSA) is 32.3 Å². The van der Waals surface area contributed by atoms with E-state index in [1.54, 1.807) is 0 Å². The molecule has 1 atom stereocenters. The molecule has 20 heavy (non-hydrogen) atoms. The van der Waals surface area contributed by atoms with E-state index in [0.29, 0.717) is 0 Å². The van der Waals surface area contributed by atoms with E-state index in [9.17, 15) is 4.79 Å². The monoisotopic (exact) mass is 266 g/mol. The number of nitrogens with one attached hydrogen (secondary N) is 1. The Morgan fingerprint density at radius 3 is 2.35 bits per heavy atom. The third-order valence-corrected chi connectivity index (χ3v) is 3.69. The normalized spacial score (nSPS) is 18.8. The molecule has 3 heteroatoms. The molecule has 3 rings (SSSR count). The van der Waals surface area contributed by atoms with Crippen LogP contribution in [0.2, 0.25) is 0 Å². The van der Waals surface area contributed by atoms with Gasteiger partial charge in [0.25, 0.3) is 5.91 Å². The van der Waals surface area contributed by atoms with Crippen LogP contribution in [-0.4, -0.2) is 30.4 Å². The first-order chi connectivity index (χ1) is 9.84. The van der Waals surface area contributed by atoms with Crippen molar-refractivity contribution in [3.63, 3.8) is 0 Å². The van der Waals surface area contributed by atoms with Gasteiger partial charge in [0.15, 0.2) is 0 Å². The second-order valence-corrected chi connectivity index (χ2v) is 5.03. The van der Waals surface area contributed by atoms with E-state index in [1.165, 1.54) is 5.56 Å². The highest BCUT2D eigenvalue weighted by Crippen LogP contribution is 2.18. The summed E-state index contributed by atoms with van der Waals surface area (Å²) in [4.78, 5) is 14.4. The van der Waals surface area contributed by atoms with Gasteiger partial charge in [0, 0.05) is 31.2 Å². The number of benzene rings is 2. The van der Waals surface area contributed by atoms with Gasteiger partial charge in [0.05, 0.1) is 0 Å². The maximum absolute atomic E-state index is 12.5. The summed E-state index contributed by atoms with van der Waals surface area (Å²) in [5.74, 6) is 0.119. The third-order valence-electron chi connectivity index (χ3n) is 3.69. The number of amides is 1. The fourth-order valence-electron chi connectivity index (χ4n) is 2.61. The number of piperazine rings is 1. The Morgan fingerprint density at radius 2 is 1.65 bits per heavy atom. The molecule has 1 heterocycles. The second kappa shape index (κ2) is 5.88. The molecule has 0 bridgehead atoms. The lowest BCUT2D eigenvalue weighted by Gasteiger charge is -2.34. The van der Waals surface area contributed by atoms with Gasteiger partial charge < -0.3 is 10.2 Å². The number of hydrogen-bond donors (Lipinski definition) is 1. The smallest absolute Gasteiger partial charge is 0.253 e. The zero-order valence-electron chi connectivity index (χ0n) is 11.3. The molecule has 2 aromatic rings. The van der Waals surface area contributed by atoms with Gasteiger partial charge in [-0.2, -0.15) is 0 Å². The number of rotatable bonds is 2. The number of nitrogens with zero attached hydrogens (tertiary/aromatic N) is 1. The van der Waals surface area contributed by atoms with Gasteiger partial charge in [-0.3, -0.25) is 4.79 Å². The van der Waals surface area contributed by atoms with Crippen molar-refractivity contribution < 1.29 is 4.79 Å². The molecule has 0 spiro atoms. The zero-order valence-corrected chi connectivity index (χ0v) is 11.3. The summed E-state index contributed by atoms with van der Waals surface area (Å²) in [5.41, 5.74) is 2.00. The summed E-state index contributed by atoms with van der Waals surface area (Å²) < 4.78 is 0. The first kappa shape index (κ1) is 12.9. The molecular weight excluding hydrogens is 248 g/mol. The highest BCUT2D eigenvalue weighted by atomic mass is 16.2. The lowest BCUT2D eigenvalue weighted by atomic mass is 10.0. The Bertz CT molecular complexity index is 568. The van der Waals surface area contributed by atoms with Crippen molar-refractivity contribution in [1.29, 1.82) is 0 Å². The Labute approximate surface area is 119 Å². The first-order valence-electron chi connectivity index (χ1n) is 6.97. The molecule has 0 saturated carbocycles. The van der Waals surface area contributed by atoms with Crippen molar-refractivity contribution in [2.75, 3.05) is 19.6 Å². The van der Waals surface area contributed by atoms with Crippen LogP contribution in [0.1, 0.15) is 22.0 Å². The summed E-state index contributed by atoms with van der Waals surface area (Å²) in [6.07, 6.45) is 0. The predicted octanol–water partition coefficient (Wildman–Crippen LogP) is 2.47. The average molecular weight is 266 g/mol. The molecule has 0 aromatic heterocycles. The van der Waals surface area contributed by atoms with Crippen LogP contribution in [0.15, 0.2) is 60.7 Å². The lowest BCUT2D eigenvalue weighted by molar-refractivity contribution is 0.0703. The van der Waals surface area contributed by atoms with Gasteiger partial charge in [-0.15, -0.1) is 0 Å². The summed E-state index contributed by atoms with van der Waals surface area (Å²) in [6, 6.07) is 20.0. The van der Waals surface area contributed by atoms with Gasteiger partial charge in [-0.25, -0.2) is 0 Å². The molecule has 1 aliphatic rings. The van der Waals surface area contributed by atoms with Gasteiger partial charge in [0.2, 0.25) is 0 Å². The van der Waals surface area contributed by atoms with Crippen molar-refractivity contribution in [2.45, 2.75) is 6.04 Å². The molecule has 1 fully saturated rings. The van der Waals surface area contributed by atoms with Crippen molar-refractivity contribution in [2.24, 2.45) is 0 Å². The lowest BCUT2D eigenvalue weighted by Crippen LogP contribution is -2.48. The SMILES string of the molecule is O=C(c1ccccc1)N1CCNC(c2ccccc2)C1. The molecule has 1 saturated heterocycles. The minimum atomic E-state index is 0.119. The van der Waals surface area contributed by atoms with Crippen LogP contribution < -0.4 is 5.32 Å². The Hall–Kier alpha value is -2.13. The van der Waals surface area contributed by atoms with Crippen molar-refractivity contribution >= 4 is 5.91 Å². The standard InChI is InChI=1S/C17H18N2O/c20-17(15-9-5-2-6-10-15)19-12-11-18-16(13-19)14-7-3-1-4-8-14/h1-10,16,18H,11-13H2. The van der Waals surface area contributed by atoms with Crippen molar-refractivity contribution in [3.8, 4) is 0 Å². The predicted molar refractivity (Wildman–Crippen MR) is 79.5 cm³/mol. The van der Waals surface area contributed by atoms with E-state index < -0.39 is 0 Å². The van der Waals surface area contributed by atoms with E-state index in [-0.39, 0.29) is 11.9 Å².